The van der Waals surface area contributed by atoms with Crippen molar-refractivity contribution in [1.82, 2.24) is 9.88 Å². The predicted octanol–water partition coefficient (Wildman–Crippen LogP) is 1.45. The van der Waals surface area contributed by atoms with Crippen LogP contribution in [-0.4, -0.2) is 40.1 Å². The van der Waals surface area contributed by atoms with Crippen molar-refractivity contribution in [3.05, 3.63) is 22.2 Å². The van der Waals surface area contributed by atoms with Crippen LogP contribution in [0.1, 0.15) is 23.5 Å². The summed E-state index contributed by atoms with van der Waals surface area (Å²) in [6.45, 7) is 2.73. The third kappa shape index (κ3) is 2.92. The van der Waals surface area contributed by atoms with Gasteiger partial charge in [0.2, 0.25) is 5.91 Å². The summed E-state index contributed by atoms with van der Waals surface area (Å²) in [6, 6.07) is -0.00989. The molecule has 0 aromatic carbocycles. The summed E-state index contributed by atoms with van der Waals surface area (Å²) in [6.07, 6.45) is 5.15. The normalized spacial score (nSPS) is 20.4. The van der Waals surface area contributed by atoms with Gasteiger partial charge in [-0.15, -0.1) is 11.3 Å². The van der Waals surface area contributed by atoms with Crippen LogP contribution in [-0.2, 0) is 4.79 Å². The molecule has 2 heterocycles. The van der Waals surface area contributed by atoms with Gasteiger partial charge in [-0.05, 0) is 25.8 Å². The van der Waals surface area contributed by atoms with Crippen LogP contribution in [0.25, 0.3) is 6.08 Å². The van der Waals surface area contributed by atoms with Gasteiger partial charge in [-0.3, -0.25) is 4.79 Å². The number of carbonyl (C=O) groups excluding carboxylic acids is 1. The fourth-order valence-corrected chi connectivity index (χ4v) is 2.61. The van der Waals surface area contributed by atoms with Crippen molar-refractivity contribution >= 4 is 23.3 Å². The quantitative estimate of drug-likeness (QED) is 0.828. The van der Waals surface area contributed by atoms with Gasteiger partial charge in [0.05, 0.1) is 23.4 Å². The van der Waals surface area contributed by atoms with E-state index in [-0.39, 0.29) is 18.6 Å². The number of carbonyl (C=O) groups is 1. The molecule has 1 aliphatic heterocycles. The molecule has 0 bridgehead atoms. The molecule has 0 spiro atoms. The fourth-order valence-electron chi connectivity index (χ4n) is 2.02. The largest absolute Gasteiger partial charge is 0.394 e. The van der Waals surface area contributed by atoms with Crippen LogP contribution in [0.3, 0.4) is 0 Å². The number of nitrogens with zero attached hydrogens (tertiary/aromatic N) is 2. The Morgan fingerprint density at radius 2 is 2.59 bits per heavy atom. The number of aliphatic hydroxyl groups is 1. The molecule has 1 aliphatic rings. The van der Waals surface area contributed by atoms with Gasteiger partial charge in [-0.1, -0.05) is 0 Å². The standard InChI is InChI=1S/C12H16N2O2S/c1-9-13-10(8-17-9)4-5-12(16)14-6-2-3-11(14)7-15/h4-5,8,11,15H,2-3,6-7H2,1H3/t11-/m1/s1. The first-order valence-electron chi connectivity index (χ1n) is 5.72. The molecule has 2 rings (SSSR count). The molecule has 0 saturated carbocycles. The van der Waals surface area contributed by atoms with Crippen LogP contribution in [0.4, 0.5) is 0 Å². The highest BCUT2D eigenvalue weighted by Crippen LogP contribution is 2.17. The molecule has 1 aromatic rings. The van der Waals surface area contributed by atoms with E-state index in [9.17, 15) is 4.79 Å². The zero-order valence-electron chi connectivity index (χ0n) is 9.80. The number of hydrogen-bond donors (Lipinski definition) is 1. The summed E-state index contributed by atoms with van der Waals surface area (Å²) < 4.78 is 0. The summed E-state index contributed by atoms with van der Waals surface area (Å²) in [5.74, 6) is -0.0350. The Bertz CT molecular complexity index is 428. The second kappa shape index (κ2) is 5.42. The lowest BCUT2D eigenvalue weighted by Gasteiger charge is -2.21. The molecule has 5 heteroatoms. The molecule has 92 valence electrons. The molecule has 17 heavy (non-hydrogen) atoms. The molecule has 0 radical (unpaired) electrons. The number of aliphatic hydroxyl groups excluding tert-OH is 1. The first-order chi connectivity index (χ1) is 8.20. The summed E-state index contributed by atoms with van der Waals surface area (Å²) >= 11 is 1.57. The van der Waals surface area contributed by atoms with Crippen LogP contribution in [0.5, 0.6) is 0 Å². The van der Waals surface area contributed by atoms with Gasteiger partial charge in [0.1, 0.15) is 0 Å². The average molecular weight is 252 g/mol. The van der Waals surface area contributed by atoms with E-state index in [1.54, 1.807) is 28.4 Å². The second-order valence-corrected chi connectivity index (χ2v) is 5.20. The van der Waals surface area contributed by atoms with Crippen molar-refractivity contribution in [3.63, 3.8) is 0 Å². The lowest BCUT2D eigenvalue weighted by Crippen LogP contribution is -2.36. The van der Waals surface area contributed by atoms with E-state index < -0.39 is 0 Å². The first-order valence-corrected chi connectivity index (χ1v) is 6.60. The highest BCUT2D eigenvalue weighted by atomic mass is 32.1. The van der Waals surface area contributed by atoms with Crippen molar-refractivity contribution < 1.29 is 9.90 Å². The Labute approximate surface area is 105 Å². The lowest BCUT2D eigenvalue weighted by atomic mass is 10.2. The third-order valence-corrected chi connectivity index (χ3v) is 3.70. The van der Waals surface area contributed by atoms with E-state index in [1.807, 2.05) is 12.3 Å². The molecular weight excluding hydrogens is 236 g/mol. The van der Waals surface area contributed by atoms with E-state index in [4.69, 9.17) is 5.11 Å². The molecular formula is C12H16N2O2S. The highest BCUT2D eigenvalue weighted by molar-refractivity contribution is 7.09. The van der Waals surface area contributed by atoms with Crippen LogP contribution in [0, 0.1) is 6.92 Å². The van der Waals surface area contributed by atoms with Crippen molar-refractivity contribution in [3.8, 4) is 0 Å². The number of rotatable bonds is 3. The lowest BCUT2D eigenvalue weighted by molar-refractivity contribution is -0.127. The molecule has 1 aromatic heterocycles. The number of aromatic nitrogens is 1. The number of likely N-dealkylation sites (tertiary alicyclic amines) is 1. The topological polar surface area (TPSA) is 53.4 Å². The van der Waals surface area contributed by atoms with Gasteiger partial charge in [-0.2, -0.15) is 0 Å². The highest BCUT2D eigenvalue weighted by Gasteiger charge is 2.26. The molecule has 0 unspecified atom stereocenters. The maximum Gasteiger partial charge on any atom is 0.246 e. The minimum atomic E-state index is -0.0350. The SMILES string of the molecule is Cc1nc(C=CC(=O)N2CCC[C@@H]2CO)cs1. The Morgan fingerprint density at radius 1 is 1.76 bits per heavy atom. The molecule has 1 fully saturated rings. The predicted molar refractivity (Wildman–Crippen MR) is 67.7 cm³/mol. The van der Waals surface area contributed by atoms with Crippen molar-refractivity contribution in [2.45, 2.75) is 25.8 Å². The average Bonchev–Trinajstić information content (AvgIpc) is 2.94. The minimum Gasteiger partial charge on any atom is -0.394 e. The molecule has 1 N–H and O–H groups in total. The van der Waals surface area contributed by atoms with E-state index in [0.717, 1.165) is 30.1 Å². The van der Waals surface area contributed by atoms with Gasteiger partial charge < -0.3 is 10.0 Å². The Hall–Kier alpha value is -1.20. The smallest absolute Gasteiger partial charge is 0.246 e. The monoisotopic (exact) mass is 252 g/mol. The number of hydrogen-bond acceptors (Lipinski definition) is 4. The van der Waals surface area contributed by atoms with Crippen molar-refractivity contribution in [2.24, 2.45) is 0 Å². The van der Waals surface area contributed by atoms with Crippen molar-refractivity contribution in [2.75, 3.05) is 13.2 Å². The van der Waals surface area contributed by atoms with Crippen LogP contribution >= 0.6 is 11.3 Å². The third-order valence-electron chi connectivity index (χ3n) is 2.90. The summed E-state index contributed by atoms with van der Waals surface area (Å²) in [7, 11) is 0. The maximum absolute atomic E-state index is 11.9. The fraction of sp³-hybridized carbons (Fsp3) is 0.500. The Morgan fingerprint density at radius 3 is 3.24 bits per heavy atom. The zero-order valence-corrected chi connectivity index (χ0v) is 10.6. The van der Waals surface area contributed by atoms with Crippen LogP contribution in [0.15, 0.2) is 11.5 Å². The maximum atomic E-state index is 11.9. The van der Waals surface area contributed by atoms with E-state index in [0.29, 0.717) is 0 Å². The van der Waals surface area contributed by atoms with Crippen LogP contribution < -0.4 is 0 Å². The van der Waals surface area contributed by atoms with Crippen molar-refractivity contribution in [1.29, 1.82) is 0 Å². The van der Waals surface area contributed by atoms with E-state index >= 15 is 0 Å². The number of amides is 1. The molecule has 0 aliphatic carbocycles. The van der Waals surface area contributed by atoms with Gasteiger partial charge in [0, 0.05) is 18.0 Å². The summed E-state index contributed by atoms with van der Waals surface area (Å²) in [5.41, 5.74) is 0.820. The number of aryl methyl sites for hydroxylation is 1. The molecule has 1 amide bonds. The first kappa shape index (κ1) is 12.3. The summed E-state index contributed by atoms with van der Waals surface area (Å²) in [4.78, 5) is 17.9. The van der Waals surface area contributed by atoms with Crippen LogP contribution in [0.2, 0.25) is 0 Å². The van der Waals surface area contributed by atoms with Gasteiger partial charge in [-0.25, -0.2) is 4.98 Å². The summed E-state index contributed by atoms with van der Waals surface area (Å²) in [5, 5.41) is 12.1. The number of thiazole rings is 1. The zero-order chi connectivity index (χ0) is 12.3. The second-order valence-electron chi connectivity index (χ2n) is 4.13. The van der Waals surface area contributed by atoms with Gasteiger partial charge in [0.15, 0.2) is 0 Å². The molecule has 4 nitrogen and oxygen atoms in total. The Balaban J connectivity index is 1.99. The molecule has 1 saturated heterocycles. The molecule has 1 atom stereocenters. The van der Waals surface area contributed by atoms with E-state index in [2.05, 4.69) is 4.98 Å². The Kier molecular flexibility index (Phi) is 3.91. The minimum absolute atomic E-state index is 0.00989. The van der Waals surface area contributed by atoms with E-state index in [1.165, 1.54) is 0 Å². The van der Waals surface area contributed by atoms with Gasteiger partial charge >= 0.3 is 0 Å². The van der Waals surface area contributed by atoms with Gasteiger partial charge in [0.25, 0.3) is 0 Å².